The summed E-state index contributed by atoms with van der Waals surface area (Å²) in [6, 6.07) is 0. The van der Waals surface area contributed by atoms with E-state index in [1.807, 2.05) is 7.05 Å². The van der Waals surface area contributed by atoms with Gasteiger partial charge >= 0.3 is 0 Å². The summed E-state index contributed by atoms with van der Waals surface area (Å²) in [6.07, 6.45) is 0. The highest BCUT2D eigenvalue weighted by atomic mass is 31.1. The predicted octanol–water partition coefficient (Wildman–Crippen LogP) is 1.09. The van der Waals surface area contributed by atoms with Crippen LogP contribution in [0.4, 0.5) is 0 Å². The average molecular weight is 87.1 g/mol. The van der Waals surface area contributed by atoms with Crippen LogP contribution >= 0.6 is 8.07 Å². The fourth-order valence-corrected chi connectivity index (χ4v) is 0.747. The normalized spacial score (nSPS) is 20.2. The van der Waals surface area contributed by atoms with Crippen LogP contribution in [0.15, 0.2) is 11.6 Å². The van der Waals surface area contributed by atoms with Gasteiger partial charge in [0.15, 0.2) is 0 Å². The molecule has 0 fully saturated rings. The third kappa shape index (κ3) is 0.712. The Balaban J connectivity index is 2.06. The molecule has 0 aliphatic carbocycles. The summed E-state index contributed by atoms with van der Waals surface area (Å²) in [6.45, 7) is 0. The van der Waals surface area contributed by atoms with E-state index >= 15 is 0 Å². The lowest BCUT2D eigenvalue weighted by Gasteiger charge is -1.82. The van der Waals surface area contributed by atoms with E-state index in [1.54, 1.807) is 0 Å². The molecule has 0 saturated heterocycles. The third-order valence-corrected chi connectivity index (χ3v) is 1.67. The number of hydrogen-bond acceptors (Lipinski definition) is 1. The molecule has 0 radical (unpaired) electrons. The first-order chi connectivity index (χ1) is 2.43. The van der Waals surface area contributed by atoms with Gasteiger partial charge in [0.1, 0.15) is 0 Å². The highest BCUT2D eigenvalue weighted by Crippen LogP contribution is 2.47. The molecule has 1 nitrogen and oxygen atoms in total. The monoisotopic (exact) mass is 87.0 g/mol. The summed E-state index contributed by atoms with van der Waals surface area (Å²) < 4.78 is 0. The quantitative estimate of drug-likeness (QED) is 0.472. The summed E-state index contributed by atoms with van der Waals surface area (Å²) >= 11 is 0. The van der Waals surface area contributed by atoms with E-state index in [-0.39, 0.29) is 8.07 Å². The topological polar surface area (TPSA) is 12.0 Å². The molecule has 1 aliphatic rings. The Morgan fingerprint density at radius 3 is 2.20 bits per heavy atom. The Kier molecular flexibility index (Phi) is 0.716. The molecule has 1 N–H and O–H groups in total. The van der Waals surface area contributed by atoms with Crippen molar-refractivity contribution in [1.82, 2.24) is 5.09 Å². The van der Waals surface area contributed by atoms with E-state index in [9.17, 15) is 0 Å². The van der Waals surface area contributed by atoms with E-state index in [0.717, 1.165) is 0 Å². The zero-order chi connectivity index (χ0) is 3.70. The highest BCUT2D eigenvalue weighted by Gasteiger charge is 2.03. The van der Waals surface area contributed by atoms with Crippen LogP contribution in [0.25, 0.3) is 0 Å². The molecule has 0 aromatic rings. The lowest BCUT2D eigenvalue weighted by molar-refractivity contribution is 1.29. The van der Waals surface area contributed by atoms with Gasteiger partial charge in [0.25, 0.3) is 0 Å². The second-order valence-electron chi connectivity index (χ2n) is 0.929. The zero-order valence-corrected chi connectivity index (χ0v) is 4.00. The molecule has 0 aromatic carbocycles. The zero-order valence-electron chi connectivity index (χ0n) is 3.10. The van der Waals surface area contributed by atoms with Crippen molar-refractivity contribution in [3.05, 3.63) is 11.6 Å². The van der Waals surface area contributed by atoms with E-state index in [0.29, 0.717) is 0 Å². The summed E-state index contributed by atoms with van der Waals surface area (Å²) in [4.78, 5) is 0. The molecule has 0 saturated carbocycles. The van der Waals surface area contributed by atoms with Crippen molar-refractivity contribution in [1.29, 1.82) is 0 Å². The Morgan fingerprint density at radius 1 is 1.60 bits per heavy atom. The van der Waals surface area contributed by atoms with Crippen LogP contribution in [0.5, 0.6) is 0 Å². The summed E-state index contributed by atoms with van der Waals surface area (Å²) in [7, 11) is 2.13. The SMILES string of the molecule is CNP1C=C1. The molecule has 28 valence electrons. The van der Waals surface area contributed by atoms with Crippen LogP contribution in [0.2, 0.25) is 0 Å². The van der Waals surface area contributed by atoms with E-state index in [2.05, 4.69) is 16.7 Å². The van der Waals surface area contributed by atoms with Gasteiger partial charge in [-0.2, -0.15) is 0 Å². The molecule has 0 atom stereocenters. The molecule has 1 rings (SSSR count). The van der Waals surface area contributed by atoms with Crippen LogP contribution < -0.4 is 5.09 Å². The maximum absolute atomic E-state index is 3.09. The maximum atomic E-state index is 3.09. The predicted molar refractivity (Wildman–Crippen MR) is 25.1 cm³/mol. The summed E-state index contributed by atoms with van der Waals surface area (Å²) in [5, 5.41) is 3.09. The molecule has 0 aromatic heterocycles. The van der Waals surface area contributed by atoms with E-state index in [4.69, 9.17) is 0 Å². The van der Waals surface area contributed by atoms with Crippen LogP contribution in [-0.4, -0.2) is 7.05 Å². The molecular formula is C3H6NP. The van der Waals surface area contributed by atoms with Crippen molar-refractivity contribution in [3.63, 3.8) is 0 Å². The largest absolute Gasteiger partial charge is 0.293 e. The number of rotatable bonds is 1. The molecular weight excluding hydrogens is 81.0 g/mol. The standard InChI is InChI=1S/C3H6NP/c1-4-5-2-3-5/h2-4H,1H3. The van der Waals surface area contributed by atoms with Crippen LogP contribution in [0, 0.1) is 0 Å². The molecule has 0 spiro atoms. The van der Waals surface area contributed by atoms with Crippen molar-refractivity contribution in [3.8, 4) is 0 Å². The summed E-state index contributed by atoms with van der Waals surface area (Å²) in [5.74, 6) is 4.35. The molecule has 2 heteroatoms. The maximum Gasteiger partial charge on any atom is 0.0101 e. The lowest BCUT2D eigenvalue weighted by atomic mass is 11.3. The van der Waals surface area contributed by atoms with Gasteiger partial charge in [-0.1, -0.05) is 0 Å². The minimum Gasteiger partial charge on any atom is -0.293 e. The Bertz CT molecular complexity index is 53.9. The van der Waals surface area contributed by atoms with Crippen molar-refractivity contribution in [2.24, 2.45) is 0 Å². The van der Waals surface area contributed by atoms with Gasteiger partial charge in [-0.25, -0.2) is 0 Å². The van der Waals surface area contributed by atoms with Gasteiger partial charge in [-0.15, -0.1) is 0 Å². The van der Waals surface area contributed by atoms with Gasteiger partial charge < -0.3 is 0 Å². The van der Waals surface area contributed by atoms with Crippen molar-refractivity contribution < 1.29 is 0 Å². The van der Waals surface area contributed by atoms with E-state index < -0.39 is 0 Å². The van der Waals surface area contributed by atoms with Gasteiger partial charge in [0.05, 0.1) is 0 Å². The van der Waals surface area contributed by atoms with Gasteiger partial charge in [-0.3, -0.25) is 5.09 Å². The number of hydrogen-bond donors (Lipinski definition) is 1. The van der Waals surface area contributed by atoms with Crippen LogP contribution in [0.1, 0.15) is 0 Å². The van der Waals surface area contributed by atoms with Gasteiger partial charge in [-0.05, 0) is 18.7 Å². The molecule has 1 heterocycles. The summed E-state index contributed by atoms with van der Waals surface area (Å²) in [5.41, 5.74) is 0. The molecule has 5 heavy (non-hydrogen) atoms. The molecule has 0 unspecified atom stereocenters. The highest BCUT2D eigenvalue weighted by molar-refractivity contribution is 7.69. The smallest absolute Gasteiger partial charge is 0.0101 e. The molecule has 1 aliphatic heterocycles. The third-order valence-electron chi connectivity index (χ3n) is 0.556. The minimum atomic E-state index is 0.152. The first-order valence-electron chi connectivity index (χ1n) is 1.57. The van der Waals surface area contributed by atoms with Gasteiger partial charge in [0.2, 0.25) is 0 Å². The first kappa shape index (κ1) is 3.32. The first-order valence-corrected chi connectivity index (χ1v) is 3.05. The van der Waals surface area contributed by atoms with Crippen molar-refractivity contribution in [2.75, 3.05) is 7.05 Å². The Morgan fingerprint density at radius 2 is 2.20 bits per heavy atom. The fourth-order valence-electron chi connectivity index (χ4n) is 0.182. The lowest BCUT2D eigenvalue weighted by Crippen LogP contribution is -1.83. The van der Waals surface area contributed by atoms with Crippen LogP contribution in [0.3, 0.4) is 0 Å². The second-order valence-corrected chi connectivity index (χ2v) is 2.79. The average Bonchev–Trinajstić information content (AvgIpc) is 2.12. The second kappa shape index (κ2) is 1.08. The van der Waals surface area contributed by atoms with E-state index in [1.165, 1.54) is 0 Å². The fraction of sp³-hybridized carbons (Fsp3) is 0.333. The Labute approximate surface area is 32.9 Å². The minimum absolute atomic E-state index is 0.152. The number of nitrogens with one attached hydrogen (secondary N) is 1. The molecule has 0 bridgehead atoms. The van der Waals surface area contributed by atoms with Crippen molar-refractivity contribution in [2.45, 2.75) is 0 Å². The van der Waals surface area contributed by atoms with Crippen LogP contribution in [-0.2, 0) is 0 Å². The Hall–Kier alpha value is 0.130. The molecule has 0 amide bonds. The van der Waals surface area contributed by atoms with Crippen molar-refractivity contribution >= 4 is 8.07 Å². The van der Waals surface area contributed by atoms with Gasteiger partial charge in [0, 0.05) is 8.07 Å².